The summed E-state index contributed by atoms with van der Waals surface area (Å²) in [4.78, 5) is 31.3. The second kappa shape index (κ2) is 5.76. The number of rotatable bonds is 1. The van der Waals surface area contributed by atoms with Crippen LogP contribution >= 0.6 is 0 Å². The quantitative estimate of drug-likeness (QED) is 0.681. The first-order valence-corrected chi connectivity index (χ1v) is 8.78. The Labute approximate surface area is 180 Å². The topological polar surface area (TPSA) is 74.9 Å². The van der Waals surface area contributed by atoms with Gasteiger partial charge in [0.2, 0.25) is 18.6 Å². The van der Waals surface area contributed by atoms with E-state index in [2.05, 4.69) is 4.98 Å². The van der Waals surface area contributed by atoms with Gasteiger partial charge in [0.15, 0.2) is 11.5 Å². The fourth-order valence-electron chi connectivity index (χ4n) is 3.94. The maximum atomic E-state index is 13.7. The molecule has 2 atom stereocenters. The highest BCUT2D eigenvalue weighted by molar-refractivity contribution is 5.97. The predicted octanol–water partition coefficient (Wildman–Crippen LogP) is 2.21. The van der Waals surface area contributed by atoms with Crippen molar-refractivity contribution in [1.29, 1.82) is 0 Å². The summed E-state index contributed by atoms with van der Waals surface area (Å²) in [5, 5.41) is -0.0336. The Balaban J connectivity index is 1.78. The van der Waals surface area contributed by atoms with Crippen molar-refractivity contribution in [1.82, 2.24) is 14.8 Å². The van der Waals surface area contributed by atoms with Crippen molar-refractivity contribution >= 4 is 22.7 Å². The zero-order valence-corrected chi connectivity index (χ0v) is 15.0. The number of benzene rings is 2. The number of likely N-dealkylation sites (N-methyl/N-ethyl adjacent to an activating group) is 1. The normalized spacial score (nSPS) is 32.0. The monoisotopic (exact) mass is 399 g/mol. The summed E-state index contributed by atoms with van der Waals surface area (Å²) in [7, 11) is 1.04. The van der Waals surface area contributed by atoms with Gasteiger partial charge in [-0.25, -0.2) is 0 Å². The summed E-state index contributed by atoms with van der Waals surface area (Å²) in [6, 6.07) is -7.81. The van der Waals surface area contributed by atoms with Crippen LogP contribution in [0.1, 0.15) is 36.6 Å². The molecular weight excluding hydrogens is 370 g/mol. The number of aromatic nitrogens is 1. The molecule has 0 spiro atoms. The summed E-state index contributed by atoms with van der Waals surface area (Å²) in [5.41, 5.74) is -0.388. The van der Waals surface area contributed by atoms with Gasteiger partial charge in [0.25, 0.3) is 0 Å². The van der Waals surface area contributed by atoms with Crippen molar-refractivity contribution in [2.45, 2.75) is 18.5 Å². The molecule has 1 saturated heterocycles. The zero-order chi connectivity index (χ0) is 28.5. The Morgan fingerprint density at radius 1 is 1.21 bits per heavy atom. The first-order valence-electron chi connectivity index (χ1n) is 13.8. The van der Waals surface area contributed by atoms with Crippen LogP contribution in [-0.2, 0) is 16.0 Å². The minimum absolute atomic E-state index is 0.0263. The number of para-hydroxylation sites is 1. The minimum atomic E-state index is -2.90. The number of aromatic amines is 1. The van der Waals surface area contributed by atoms with Crippen molar-refractivity contribution in [3.05, 3.63) is 59.1 Å². The van der Waals surface area contributed by atoms with E-state index in [1.54, 1.807) is 0 Å². The van der Waals surface area contributed by atoms with E-state index >= 15 is 0 Å². The van der Waals surface area contributed by atoms with Crippen LogP contribution in [0, 0.1) is 0 Å². The standard InChI is InChI=1S/C22H19N3O4/c1-24-10-19(26)25-16(22(24)27)9-14-13-4-2-3-5-15(13)23-20(14)21(25)12-6-7-17-18(8-12)29-11-28-17/h2-8,16,21,23H,9-11H2,1H3/t16-,21?/m1/s1/i2D,3D,4D,5D,6D,7D,8D,10D2,16D. The lowest BCUT2D eigenvalue weighted by atomic mass is 9.86. The third kappa shape index (κ3) is 2.24. The van der Waals surface area contributed by atoms with E-state index in [1.807, 2.05) is 0 Å². The van der Waals surface area contributed by atoms with Gasteiger partial charge in [-0.3, -0.25) is 9.59 Å². The van der Waals surface area contributed by atoms with Crippen LogP contribution < -0.4 is 9.47 Å². The third-order valence-corrected chi connectivity index (χ3v) is 5.22. The molecule has 4 heterocycles. The molecular formula is C22H19N3O4. The molecule has 1 fully saturated rings. The molecule has 6 rings (SSSR count). The molecule has 0 bridgehead atoms. The molecule has 1 unspecified atom stereocenters. The molecule has 3 aliphatic rings. The first kappa shape index (κ1) is 9.35. The van der Waals surface area contributed by atoms with Crippen LogP contribution in [0.5, 0.6) is 11.5 Å². The molecule has 3 aromatic rings. The van der Waals surface area contributed by atoms with Gasteiger partial charge in [-0.05, 0) is 29.3 Å². The SMILES string of the molecule is [2H]c1c([2H])c(C2c3[nH]c4c([2H])c([2H])c([2H])c([2H])c4c3C[C@]3([2H])C(=O)N(C)C([2H])([2H])C(=O)N23)c([2H])c2c1OCO2. The fourth-order valence-corrected chi connectivity index (χ4v) is 3.94. The molecule has 3 aliphatic heterocycles. The van der Waals surface area contributed by atoms with Gasteiger partial charge in [0.05, 0.1) is 26.2 Å². The molecule has 0 radical (unpaired) electrons. The Kier molecular flexibility index (Phi) is 1.86. The number of ether oxygens (including phenoxy) is 2. The number of nitrogens with zero attached hydrogens (tertiary/aromatic N) is 2. The number of hydrogen-bond acceptors (Lipinski definition) is 4. The largest absolute Gasteiger partial charge is 0.454 e. The molecule has 2 amide bonds. The first-order chi connectivity index (χ1) is 18.2. The second-order valence-electron chi connectivity index (χ2n) is 6.80. The number of hydrogen-bond donors (Lipinski definition) is 1. The summed E-state index contributed by atoms with van der Waals surface area (Å²) in [6.45, 7) is -3.24. The minimum Gasteiger partial charge on any atom is -0.454 e. The van der Waals surface area contributed by atoms with Gasteiger partial charge in [-0.2, -0.15) is 0 Å². The number of amides is 2. The van der Waals surface area contributed by atoms with Crippen molar-refractivity contribution in [3.8, 4) is 11.5 Å². The van der Waals surface area contributed by atoms with Crippen molar-refractivity contribution in [2.75, 3.05) is 20.3 Å². The molecule has 7 heteroatoms. The Hall–Kier alpha value is -3.48. The summed E-state index contributed by atoms with van der Waals surface area (Å²) >= 11 is 0. The van der Waals surface area contributed by atoms with Gasteiger partial charge in [-0.1, -0.05) is 24.2 Å². The molecule has 2 aromatic carbocycles. The summed E-state index contributed by atoms with van der Waals surface area (Å²) in [5.74, 6) is -2.79. The molecule has 29 heavy (non-hydrogen) atoms. The van der Waals surface area contributed by atoms with E-state index in [9.17, 15) is 11.0 Å². The Bertz CT molecular complexity index is 1670. The smallest absolute Gasteiger partial charge is 0.245 e. The van der Waals surface area contributed by atoms with Crippen LogP contribution in [0.4, 0.5) is 0 Å². The van der Waals surface area contributed by atoms with Crippen LogP contribution in [0.15, 0.2) is 42.3 Å². The fraction of sp³-hybridized carbons (Fsp3) is 0.273. The lowest BCUT2D eigenvalue weighted by molar-refractivity contribution is -0.157. The van der Waals surface area contributed by atoms with Gasteiger partial charge in [0, 0.05) is 30.1 Å². The van der Waals surface area contributed by atoms with E-state index in [-0.39, 0.29) is 46.0 Å². The highest BCUT2D eigenvalue weighted by Crippen LogP contribution is 2.44. The summed E-state index contributed by atoms with van der Waals surface area (Å²) < 4.78 is 95.5. The van der Waals surface area contributed by atoms with E-state index in [0.29, 0.717) is 9.80 Å². The van der Waals surface area contributed by atoms with Crippen LogP contribution in [0.2, 0.25) is 0 Å². The van der Waals surface area contributed by atoms with E-state index in [0.717, 1.165) is 7.05 Å². The van der Waals surface area contributed by atoms with Gasteiger partial charge in [0.1, 0.15) is 6.02 Å². The molecule has 146 valence electrons. The predicted molar refractivity (Wildman–Crippen MR) is 105 cm³/mol. The van der Waals surface area contributed by atoms with Crippen LogP contribution in [-0.4, -0.2) is 53.0 Å². The van der Waals surface area contributed by atoms with Crippen molar-refractivity contribution < 1.29 is 32.8 Å². The summed E-state index contributed by atoms with van der Waals surface area (Å²) in [6.07, 6.45) is -0.565. The van der Waals surface area contributed by atoms with E-state index in [4.69, 9.17) is 21.8 Å². The average molecular weight is 399 g/mol. The molecule has 1 aromatic heterocycles. The van der Waals surface area contributed by atoms with Gasteiger partial charge < -0.3 is 24.3 Å². The highest BCUT2D eigenvalue weighted by atomic mass is 16.7. The maximum absolute atomic E-state index is 13.7. The lowest BCUT2D eigenvalue weighted by Crippen LogP contribution is -2.62. The van der Waals surface area contributed by atoms with E-state index in [1.165, 1.54) is 0 Å². The van der Waals surface area contributed by atoms with E-state index < -0.39 is 79.1 Å². The number of piperazine rings is 1. The number of H-pyrrole nitrogens is 1. The van der Waals surface area contributed by atoms with Crippen molar-refractivity contribution in [2.24, 2.45) is 0 Å². The number of carbonyl (C=O) groups is 2. The Morgan fingerprint density at radius 3 is 2.93 bits per heavy atom. The number of nitrogens with one attached hydrogen (secondary N) is 1. The second-order valence-corrected chi connectivity index (χ2v) is 6.80. The van der Waals surface area contributed by atoms with Gasteiger partial charge >= 0.3 is 0 Å². The lowest BCUT2D eigenvalue weighted by Gasteiger charge is -2.46. The molecule has 1 N–H and O–H groups in total. The van der Waals surface area contributed by atoms with Crippen LogP contribution in [0.25, 0.3) is 10.9 Å². The van der Waals surface area contributed by atoms with Crippen molar-refractivity contribution in [3.63, 3.8) is 0 Å². The molecule has 0 aliphatic carbocycles. The third-order valence-electron chi connectivity index (χ3n) is 5.22. The number of carbonyl (C=O) groups excluding carboxylic acids is 2. The number of fused-ring (bicyclic) bond motifs is 5. The molecule has 7 nitrogen and oxygen atoms in total. The molecule has 0 saturated carbocycles. The highest BCUT2D eigenvalue weighted by Gasteiger charge is 2.47. The Morgan fingerprint density at radius 2 is 2.03 bits per heavy atom. The average Bonchev–Trinajstić information content (AvgIpc) is 3.53. The van der Waals surface area contributed by atoms with Gasteiger partial charge in [-0.15, -0.1) is 0 Å². The zero-order valence-electron chi connectivity index (χ0n) is 25.0. The van der Waals surface area contributed by atoms with Crippen LogP contribution in [0.3, 0.4) is 0 Å². The maximum Gasteiger partial charge on any atom is 0.245 e.